The number of ketones is 1. The Morgan fingerprint density at radius 1 is 1.38 bits per heavy atom. The molecule has 70 valence electrons. The third-order valence-corrected chi connectivity index (χ3v) is 3.45. The minimum atomic E-state index is 0.0775. The van der Waals surface area contributed by atoms with E-state index in [2.05, 4.69) is 0 Å². The fraction of sp³-hybridized carbons (Fsp3) is 0.700. The number of ether oxygens (including phenoxy) is 2. The molecule has 0 aromatic rings. The first-order valence-electron chi connectivity index (χ1n) is 4.76. The third-order valence-electron chi connectivity index (χ3n) is 3.45. The highest BCUT2D eigenvalue weighted by atomic mass is 16.5. The molecule has 2 aliphatic heterocycles. The van der Waals surface area contributed by atoms with Gasteiger partial charge in [-0.05, 0) is 12.8 Å². The van der Waals surface area contributed by atoms with Crippen LogP contribution < -0.4 is 0 Å². The Bertz CT molecular complexity index is 295. The number of allylic oxidation sites excluding steroid dienone is 1. The molecule has 3 heteroatoms. The van der Waals surface area contributed by atoms with E-state index in [1.54, 1.807) is 13.2 Å². The minimum Gasteiger partial charge on any atom is -0.501 e. The van der Waals surface area contributed by atoms with E-state index < -0.39 is 0 Å². The Balaban J connectivity index is 1.98. The number of hydrogen-bond donors (Lipinski definition) is 0. The van der Waals surface area contributed by atoms with Gasteiger partial charge in [0.2, 0.25) is 0 Å². The van der Waals surface area contributed by atoms with Crippen molar-refractivity contribution < 1.29 is 14.3 Å². The summed E-state index contributed by atoms with van der Waals surface area (Å²) < 4.78 is 10.9. The van der Waals surface area contributed by atoms with E-state index in [4.69, 9.17) is 9.47 Å². The summed E-state index contributed by atoms with van der Waals surface area (Å²) >= 11 is 0. The third kappa shape index (κ3) is 0.804. The van der Waals surface area contributed by atoms with Crippen molar-refractivity contribution in [1.82, 2.24) is 0 Å². The van der Waals surface area contributed by atoms with E-state index >= 15 is 0 Å². The summed E-state index contributed by atoms with van der Waals surface area (Å²) in [6.07, 6.45) is 4.20. The zero-order valence-electron chi connectivity index (χ0n) is 7.53. The zero-order chi connectivity index (χ0) is 9.00. The molecule has 0 unspecified atom stereocenters. The van der Waals surface area contributed by atoms with Crippen molar-refractivity contribution in [3.8, 4) is 0 Å². The van der Waals surface area contributed by atoms with Gasteiger partial charge in [0.1, 0.15) is 5.76 Å². The van der Waals surface area contributed by atoms with Crippen LogP contribution in [-0.4, -0.2) is 25.1 Å². The molecular formula is C10H12O3. The highest BCUT2D eigenvalue weighted by Crippen LogP contribution is 2.50. The fourth-order valence-electron chi connectivity index (χ4n) is 2.93. The van der Waals surface area contributed by atoms with Crippen molar-refractivity contribution in [2.24, 2.45) is 11.8 Å². The van der Waals surface area contributed by atoms with Gasteiger partial charge in [0.15, 0.2) is 5.78 Å². The standard InChI is InChI=1S/C10H12O3/c1-12-8-4-5(11)9-6-2-3-7(13-6)10(8)9/h4,6-7,9-10H,2-3H2,1H3/t6-,7-,9+,10-/m1/s1. The van der Waals surface area contributed by atoms with Gasteiger partial charge in [0.05, 0.1) is 31.2 Å². The Kier molecular flexibility index (Phi) is 1.37. The first kappa shape index (κ1) is 7.56. The summed E-state index contributed by atoms with van der Waals surface area (Å²) in [5, 5.41) is 0. The molecule has 3 nitrogen and oxygen atoms in total. The molecule has 0 spiro atoms. The first-order valence-corrected chi connectivity index (χ1v) is 4.76. The minimum absolute atomic E-state index is 0.0775. The molecule has 3 aliphatic rings. The number of carbonyl (C=O) groups excluding carboxylic acids is 1. The SMILES string of the molecule is COC1=CC(=O)[C@@H]2[C@@H]1[C@H]1CC[C@H]2O1. The highest BCUT2D eigenvalue weighted by Gasteiger charge is 2.56. The van der Waals surface area contributed by atoms with Gasteiger partial charge in [0, 0.05) is 6.08 Å². The predicted octanol–water partition coefficient (Wildman–Crippen LogP) is 0.893. The van der Waals surface area contributed by atoms with Crippen LogP contribution in [0.4, 0.5) is 0 Å². The number of hydrogen-bond acceptors (Lipinski definition) is 3. The van der Waals surface area contributed by atoms with Gasteiger partial charge in [0.25, 0.3) is 0 Å². The van der Waals surface area contributed by atoms with Crippen LogP contribution in [0.2, 0.25) is 0 Å². The molecule has 13 heavy (non-hydrogen) atoms. The van der Waals surface area contributed by atoms with Gasteiger partial charge in [-0.1, -0.05) is 0 Å². The molecule has 0 N–H and O–H groups in total. The second-order valence-corrected chi connectivity index (χ2v) is 4.00. The molecule has 0 amide bonds. The summed E-state index contributed by atoms with van der Waals surface area (Å²) in [7, 11) is 1.63. The van der Waals surface area contributed by atoms with Crippen LogP contribution in [-0.2, 0) is 14.3 Å². The van der Waals surface area contributed by atoms with Crippen LogP contribution >= 0.6 is 0 Å². The van der Waals surface area contributed by atoms with E-state index in [9.17, 15) is 4.79 Å². The molecule has 2 saturated heterocycles. The Morgan fingerprint density at radius 2 is 2.08 bits per heavy atom. The monoisotopic (exact) mass is 180 g/mol. The van der Waals surface area contributed by atoms with Crippen molar-refractivity contribution >= 4 is 5.78 Å². The van der Waals surface area contributed by atoms with E-state index in [0.29, 0.717) is 0 Å². The number of carbonyl (C=O) groups is 1. The van der Waals surface area contributed by atoms with Crippen molar-refractivity contribution in [3.63, 3.8) is 0 Å². The summed E-state index contributed by atoms with van der Waals surface area (Å²) in [5.41, 5.74) is 0. The fourth-order valence-corrected chi connectivity index (χ4v) is 2.93. The lowest BCUT2D eigenvalue weighted by atomic mass is 9.80. The molecule has 0 aromatic heterocycles. The molecular weight excluding hydrogens is 168 g/mol. The van der Waals surface area contributed by atoms with Crippen LogP contribution in [0.5, 0.6) is 0 Å². The second-order valence-electron chi connectivity index (χ2n) is 4.00. The lowest BCUT2D eigenvalue weighted by Crippen LogP contribution is -2.29. The van der Waals surface area contributed by atoms with Gasteiger partial charge < -0.3 is 9.47 Å². The van der Waals surface area contributed by atoms with Gasteiger partial charge in [-0.3, -0.25) is 4.79 Å². The molecule has 3 rings (SSSR count). The Hall–Kier alpha value is -0.830. The van der Waals surface area contributed by atoms with Crippen molar-refractivity contribution in [1.29, 1.82) is 0 Å². The number of methoxy groups -OCH3 is 1. The topological polar surface area (TPSA) is 35.5 Å². The maximum absolute atomic E-state index is 11.6. The molecule has 1 aliphatic carbocycles. The molecule has 4 atom stereocenters. The normalized spacial score (nSPS) is 46.5. The maximum Gasteiger partial charge on any atom is 0.165 e. The largest absolute Gasteiger partial charge is 0.501 e. The lowest BCUT2D eigenvalue weighted by Gasteiger charge is -2.21. The molecule has 0 saturated carbocycles. The van der Waals surface area contributed by atoms with Crippen LogP contribution in [0, 0.1) is 11.8 Å². The highest BCUT2D eigenvalue weighted by molar-refractivity contribution is 5.96. The maximum atomic E-state index is 11.6. The molecule has 0 aromatic carbocycles. The van der Waals surface area contributed by atoms with E-state index in [1.807, 2.05) is 0 Å². The number of fused-ring (bicyclic) bond motifs is 5. The van der Waals surface area contributed by atoms with Crippen LogP contribution in [0.25, 0.3) is 0 Å². The molecule has 2 bridgehead atoms. The van der Waals surface area contributed by atoms with Gasteiger partial charge in [-0.2, -0.15) is 0 Å². The molecule has 0 radical (unpaired) electrons. The van der Waals surface area contributed by atoms with Crippen molar-refractivity contribution in [3.05, 3.63) is 11.8 Å². The average Bonchev–Trinajstić information content (AvgIpc) is 2.76. The lowest BCUT2D eigenvalue weighted by molar-refractivity contribution is -0.119. The van der Waals surface area contributed by atoms with Crippen molar-refractivity contribution in [2.75, 3.05) is 7.11 Å². The summed E-state index contributed by atoms with van der Waals surface area (Å²) in [6, 6.07) is 0. The van der Waals surface area contributed by atoms with E-state index in [1.165, 1.54) is 0 Å². The second kappa shape index (κ2) is 2.35. The quantitative estimate of drug-likeness (QED) is 0.601. The van der Waals surface area contributed by atoms with E-state index in [0.717, 1.165) is 18.6 Å². The average molecular weight is 180 g/mol. The van der Waals surface area contributed by atoms with Crippen LogP contribution in [0.3, 0.4) is 0 Å². The number of rotatable bonds is 1. The first-order chi connectivity index (χ1) is 6.31. The molecule has 2 fully saturated rings. The van der Waals surface area contributed by atoms with Crippen LogP contribution in [0.1, 0.15) is 12.8 Å². The van der Waals surface area contributed by atoms with Gasteiger partial charge in [-0.15, -0.1) is 0 Å². The Morgan fingerprint density at radius 3 is 2.77 bits per heavy atom. The van der Waals surface area contributed by atoms with Gasteiger partial charge >= 0.3 is 0 Å². The Labute approximate surface area is 76.7 Å². The summed E-state index contributed by atoms with van der Waals surface area (Å²) in [5.74, 6) is 1.35. The van der Waals surface area contributed by atoms with E-state index in [-0.39, 0.29) is 29.8 Å². The summed E-state index contributed by atoms with van der Waals surface area (Å²) in [4.78, 5) is 11.6. The van der Waals surface area contributed by atoms with Gasteiger partial charge in [-0.25, -0.2) is 0 Å². The van der Waals surface area contributed by atoms with Crippen LogP contribution in [0.15, 0.2) is 11.8 Å². The predicted molar refractivity (Wildman–Crippen MR) is 45.0 cm³/mol. The van der Waals surface area contributed by atoms with Crippen molar-refractivity contribution in [2.45, 2.75) is 25.0 Å². The molecule has 2 heterocycles. The summed E-state index contributed by atoms with van der Waals surface area (Å²) in [6.45, 7) is 0. The zero-order valence-corrected chi connectivity index (χ0v) is 7.53. The smallest absolute Gasteiger partial charge is 0.165 e.